The second kappa shape index (κ2) is 8.73. The van der Waals surface area contributed by atoms with Gasteiger partial charge in [0.15, 0.2) is 11.6 Å². The van der Waals surface area contributed by atoms with Gasteiger partial charge in [0, 0.05) is 37.8 Å². The molecule has 1 aliphatic rings. The molecule has 1 atom stereocenters. The fraction of sp³-hybridized carbons (Fsp3) is 0.368. The van der Waals surface area contributed by atoms with Gasteiger partial charge in [-0.2, -0.15) is 0 Å². The van der Waals surface area contributed by atoms with Gasteiger partial charge in [-0.1, -0.05) is 6.92 Å². The Morgan fingerprint density at radius 1 is 1.24 bits per heavy atom. The Balaban J connectivity index is 1.70. The Bertz CT molecular complexity index is 983. The van der Waals surface area contributed by atoms with E-state index in [4.69, 9.17) is 0 Å². The highest BCUT2D eigenvalue weighted by atomic mass is 32.2. The van der Waals surface area contributed by atoms with E-state index in [0.717, 1.165) is 37.6 Å². The van der Waals surface area contributed by atoms with E-state index in [9.17, 15) is 22.0 Å². The van der Waals surface area contributed by atoms with Gasteiger partial charge in [-0.15, -0.1) is 0 Å². The fourth-order valence-corrected chi connectivity index (χ4v) is 4.12. The van der Waals surface area contributed by atoms with Crippen molar-refractivity contribution in [2.24, 2.45) is 0 Å². The Kier molecular flexibility index (Phi) is 6.31. The first-order valence-corrected chi connectivity index (χ1v) is 10.7. The lowest BCUT2D eigenvalue weighted by molar-refractivity contribution is -0.121. The Hall–Kier alpha value is -2.75. The van der Waals surface area contributed by atoms with Gasteiger partial charge in [0.25, 0.3) is 10.0 Å². The highest BCUT2D eigenvalue weighted by Gasteiger charge is 2.23. The molecule has 3 rings (SSSR count). The SMILES string of the molecule is CCC(=O)NC1CCCN(c2ccc(S(=O)(=O)Nc3ccc(F)c(F)c3)cn2)C1. The number of hydrogen-bond donors (Lipinski definition) is 2. The Morgan fingerprint density at radius 2 is 2.03 bits per heavy atom. The predicted molar refractivity (Wildman–Crippen MR) is 105 cm³/mol. The minimum atomic E-state index is -4.00. The molecule has 7 nitrogen and oxygen atoms in total. The highest BCUT2D eigenvalue weighted by Crippen LogP contribution is 2.22. The molecule has 2 N–H and O–H groups in total. The molecule has 2 aromatic rings. The molecule has 0 bridgehead atoms. The zero-order chi connectivity index (χ0) is 21.0. The van der Waals surface area contributed by atoms with Crippen LogP contribution in [0, 0.1) is 11.6 Å². The first-order valence-electron chi connectivity index (χ1n) is 9.26. The van der Waals surface area contributed by atoms with Crippen molar-refractivity contribution in [1.82, 2.24) is 10.3 Å². The van der Waals surface area contributed by atoms with Crippen LogP contribution in [0.3, 0.4) is 0 Å². The number of rotatable bonds is 6. The quantitative estimate of drug-likeness (QED) is 0.744. The average Bonchev–Trinajstić information content (AvgIpc) is 2.71. The van der Waals surface area contributed by atoms with Crippen LogP contribution in [-0.4, -0.2) is 38.4 Å². The molecule has 1 unspecified atom stereocenters. The van der Waals surface area contributed by atoms with Crippen molar-refractivity contribution >= 4 is 27.4 Å². The molecule has 1 aromatic heterocycles. The summed E-state index contributed by atoms with van der Waals surface area (Å²) in [5.74, 6) is -1.61. The van der Waals surface area contributed by atoms with Gasteiger partial charge in [0.1, 0.15) is 10.7 Å². The molecule has 1 aromatic carbocycles. The van der Waals surface area contributed by atoms with Crippen LogP contribution in [0.25, 0.3) is 0 Å². The van der Waals surface area contributed by atoms with E-state index in [0.29, 0.717) is 18.8 Å². The van der Waals surface area contributed by atoms with Gasteiger partial charge in [-0.25, -0.2) is 22.2 Å². The summed E-state index contributed by atoms with van der Waals surface area (Å²) in [7, 11) is -4.00. The molecule has 1 fully saturated rings. The summed E-state index contributed by atoms with van der Waals surface area (Å²) in [5, 5.41) is 2.97. The molecule has 156 valence electrons. The van der Waals surface area contributed by atoms with Crippen molar-refractivity contribution in [1.29, 1.82) is 0 Å². The van der Waals surface area contributed by atoms with Crippen LogP contribution in [0.5, 0.6) is 0 Å². The molecule has 10 heteroatoms. The van der Waals surface area contributed by atoms with Crippen LogP contribution in [-0.2, 0) is 14.8 Å². The van der Waals surface area contributed by atoms with Gasteiger partial charge < -0.3 is 10.2 Å². The lowest BCUT2D eigenvalue weighted by Crippen LogP contribution is -2.47. The number of nitrogens with zero attached hydrogens (tertiary/aromatic N) is 2. The molecule has 1 saturated heterocycles. The van der Waals surface area contributed by atoms with E-state index < -0.39 is 21.7 Å². The third-order valence-electron chi connectivity index (χ3n) is 4.63. The first-order chi connectivity index (χ1) is 13.8. The summed E-state index contributed by atoms with van der Waals surface area (Å²) >= 11 is 0. The number of carbonyl (C=O) groups is 1. The normalized spacial score (nSPS) is 17.1. The first kappa shape index (κ1) is 21.0. The van der Waals surface area contributed by atoms with Crippen molar-refractivity contribution < 1.29 is 22.0 Å². The third kappa shape index (κ3) is 5.20. The average molecular weight is 424 g/mol. The standard InChI is InChI=1S/C19H22F2N4O3S/c1-2-19(26)23-14-4-3-9-25(12-14)18-8-6-15(11-22-18)29(27,28)24-13-5-7-16(20)17(21)10-13/h5-8,10-11,14,24H,2-4,9,12H2,1H3,(H,23,26). The van der Waals surface area contributed by atoms with Gasteiger partial charge in [-0.05, 0) is 37.1 Å². The van der Waals surface area contributed by atoms with Gasteiger partial charge in [-0.3, -0.25) is 9.52 Å². The number of nitrogens with one attached hydrogen (secondary N) is 2. The zero-order valence-corrected chi connectivity index (χ0v) is 16.7. The van der Waals surface area contributed by atoms with Gasteiger partial charge in [0.05, 0.1) is 5.69 Å². The van der Waals surface area contributed by atoms with Crippen molar-refractivity contribution in [2.45, 2.75) is 37.1 Å². The highest BCUT2D eigenvalue weighted by molar-refractivity contribution is 7.92. The fourth-order valence-electron chi connectivity index (χ4n) is 3.12. The largest absolute Gasteiger partial charge is 0.355 e. The van der Waals surface area contributed by atoms with E-state index in [2.05, 4.69) is 15.0 Å². The summed E-state index contributed by atoms with van der Waals surface area (Å²) in [6, 6.07) is 5.77. The van der Waals surface area contributed by atoms with E-state index in [1.807, 2.05) is 4.90 Å². The van der Waals surface area contributed by atoms with E-state index in [-0.39, 0.29) is 22.5 Å². The van der Waals surface area contributed by atoms with Crippen LogP contribution < -0.4 is 14.9 Å². The molecular weight excluding hydrogens is 402 g/mol. The van der Waals surface area contributed by atoms with E-state index >= 15 is 0 Å². The molecule has 0 spiro atoms. The van der Waals surface area contributed by atoms with Crippen molar-refractivity contribution in [3.63, 3.8) is 0 Å². The van der Waals surface area contributed by atoms with Gasteiger partial charge in [0.2, 0.25) is 5.91 Å². The molecule has 0 aliphatic carbocycles. The minimum Gasteiger partial charge on any atom is -0.355 e. The lowest BCUT2D eigenvalue weighted by Gasteiger charge is -2.34. The number of benzene rings is 1. The van der Waals surface area contributed by atoms with Crippen LogP contribution >= 0.6 is 0 Å². The number of hydrogen-bond acceptors (Lipinski definition) is 5. The van der Waals surface area contributed by atoms with Crippen molar-refractivity contribution in [2.75, 3.05) is 22.7 Å². The van der Waals surface area contributed by atoms with Crippen LogP contribution in [0.4, 0.5) is 20.3 Å². The Morgan fingerprint density at radius 3 is 2.69 bits per heavy atom. The zero-order valence-electron chi connectivity index (χ0n) is 15.9. The topological polar surface area (TPSA) is 91.4 Å². The second-order valence-electron chi connectivity index (χ2n) is 6.79. The molecule has 0 radical (unpaired) electrons. The summed E-state index contributed by atoms with van der Waals surface area (Å²) in [6.45, 7) is 3.15. The number of carbonyl (C=O) groups excluding carboxylic acids is 1. The maximum atomic E-state index is 13.3. The van der Waals surface area contributed by atoms with Crippen molar-refractivity contribution in [3.05, 3.63) is 48.2 Å². The number of piperidine rings is 1. The number of pyridine rings is 1. The minimum absolute atomic E-state index is 0.00504. The summed E-state index contributed by atoms with van der Waals surface area (Å²) < 4.78 is 53.4. The van der Waals surface area contributed by atoms with Crippen LogP contribution in [0.1, 0.15) is 26.2 Å². The van der Waals surface area contributed by atoms with Crippen LogP contribution in [0.15, 0.2) is 41.4 Å². The summed E-state index contributed by atoms with van der Waals surface area (Å²) in [5.41, 5.74) is -0.0847. The molecule has 0 saturated carbocycles. The molecule has 1 aliphatic heterocycles. The number of amides is 1. The third-order valence-corrected chi connectivity index (χ3v) is 6.00. The second-order valence-corrected chi connectivity index (χ2v) is 8.48. The number of anilines is 2. The van der Waals surface area contributed by atoms with Crippen LogP contribution in [0.2, 0.25) is 0 Å². The smallest absolute Gasteiger partial charge is 0.263 e. The number of halogens is 2. The van der Waals surface area contributed by atoms with E-state index in [1.54, 1.807) is 13.0 Å². The molecule has 29 heavy (non-hydrogen) atoms. The van der Waals surface area contributed by atoms with Crippen molar-refractivity contribution in [3.8, 4) is 0 Å². The van der Waals surface area contributed by atoms with Gasteiger partial charge >= 0.3 is 0 Å². The monoisotopic (exact) mass is 424 g/mol. The maximum absolute atomic E-state index is 13.3. The molecule has 1 amide bonds. The Labute approximate surface area is 168 Å². The molecular formula is C19H22F2N4O3S. The number of sulfonamides is 1. The molecule has 2 heterocycles. The lowest BCUT2D eigenvalue weighted by atomic mass is 10.1. The summed E-state index contributed by atoms with van der Waals surface area (Å²) in [4.78, 5) is 17.7. The number of aromatic nitrogens is 1. The maximum Gasteiger partial charge on any atom is 0.263 e. The van der Waals surface area contributed by atoms with E-state index in [1.165, 1.54) is 12.3 Å². The summed E-state index contributed by atoms with van der Waals surface area (Å²) in [6.07, 6.45) is 3.40. The predicted octanol–water partition coefficient (Wildman–Crippen LogP) is 2.66.